The van der Waals surface area contributed by atoms with Crippen LogP contribution in [-0.2, 0) is 4.79 Å². The lowest BCUT2D eigenvalue weighted by atomic mass is 9.84. The second-order valence-corrected chi connectivity index (χ2v) is 5.10. The molecule has 0 aromatic carbocycles. The van der Waals surface area contributed by atoms with Crippen LogP contribution in [0.25, 0.3) is 0 Å². The van der Waals surface area contributed by atoms with Gasteiger partial charge in [0.25, 0.3) is 0 Å². The fourth-order valence-corrected chi connectivity index (χ4v) is 3.49. The van der Waals surface area contributed by atoms with E-state index in [4.69, 9.17) is 0 Å². The molecule has 4 atom stereocenters. The summed E-state index contributed by atoms with van der Waals surface area (Å²) in [5.74, 6) is 0.0248. The van der Waals surface area contributed by atoms with Crippen LogP contribution in [0.1, 0.15) is 19.3 Å². The zero-order valence-corrected chi connectivity index (χ0v) is 9.54. The van der Waals surface area contributed by atoms with Gasteiger partial charge in [-0.2, -0.15) is 0 Å². The lowest BCUT2D eigenvalue weighted by molar-refractivity contribution is -0.143. The first-order valence-electron chi connectivity index (χ1n) is 6.15. The minimum Gasteiger partial charge on any atom is -0.481 e. The second kappa shape index (κ2) is 4.02. The summed E-state index contributed by atoms with van der Waals surface area (Å²) in [6, 6.07) is 3.88. The molecule has 17 heavy (non-hydrogen) atoms. The van der Waals surface area contributed by atoms with E-state index >= 15 is 0 Å². The van der Waals surface area contributed by atoms with Gasteiger partial charge in [-0.3, -0.25) is 9.78 Å². The first kappa shape index (κ1) is 10.6. The summed E-state index contributed by atoms with van der Waals surface area (Å²) < 4.78 is 0. The molecule has 90 valence electrons. The molecule has 3 rings (SSSR count). The molecule has 0 radical (unpaired) electrons. The zero-order valence-electron chi connectivity index (χ0n) is 9.54. The Morgan fingerprint density at radius 2 is 2.00 bits per heavy atom. The van der Waals surface area contributed by atoms with Crippen molar-refractivity contribution in [2.24, 2.45) is 17.8 Å². The number of carboxylic acid groups (broad SMARTS) is 1. The van der Waals surface area contributed by atoms with Crippen LogP contribution >= 0.6 is 0 Å². The maximum absolute atomic E-state index is 11.3. The van der Waals surface area contributed by atoms with Gasteiger partial charge >= 0.3 is 5.97 Å². The van der Waals surface area contributed by atoms with Crippen LogP contribution in [0.15, 0.2) is 24.5 Å². The average Bonchev–Trinajstić information content (AvgIpc) is 2.90. The lowest BCUT2D eigenvalue weighted by Gasteiger charge is -2.29. The Bertz CT molecular complexity index is 421. The van der Waals surface area contributed by atoms with Crippen LogP contribution in [0.4, 0.5) is 5.69 Å². The molecule has 2 N–H and O–H groups in total. The topological polar surface area (TPSA) is 62.2 Å². The van der Waals surface area contributed by atoms with Crippen LogP contribution in [0.3, 0.4) is 0 Å². The van der Waals surface area contributed by atoms with Crippen molar-refractivity contribution in [3.63, 3.8) is 0 Å². The molecule has 0 spiro atoms. The molecule has 2 saturated carbocycles. The Balaban J connectivity index is 1.80. The van der Waals surface area contributed by atoms with E-state index in [9.17, 15) is 9.90 Å². The predicted octanol–water partition coefficient (Wildman–Crippen LogP) is 1.99. The zero-order chi connectivity index (χ0) is 11.8. The Labute approximate surface area is 100 Å². The highest BCUT2D eigenvalue weighted by molar-refractivity contribution is 5.73. The Hall–Kier alpha value is -1.58. The molecular formula is C13H16N2O2. The van der Waals surface area contributed by atoms with Crippen molar-refractivity contribution < 1.29 is 9.90 Å². The van der Waals surface area contributed by atoms with Gasteiger partial charge < -0.3 is 10.4 Å². The highest BCUT2D eigenvalue weighted by Crippen LogP contribution is 2.49. The van der Waals surface area contributed by atoms with Crippen molar-refractivity contribution >= 4 is 11.7 Å². The Morgan fingerprint density at radius 3 is 2.71 bits per heavy atom. The number of pyridine rings is 1. The molecule has 1 heterocycles. The van der Waals surface area contributed by atoms with Gasteiger partial charge in [0.15, 0.2) is 0 Å². The molecule has 2 bridgehead atoms. The molecule has 4 heteroatoms. The molecular weight excluding hydrogens is 216 g/mol. The monoisotopic (exact) mass is 232 g/mol. The molecule has 2 aliphatic carbocycles. The van der Waals surface area contributed by atoms with E-state index in [-0.39, 0.29) is 12.0 Å². The van der Waals surface area contributed by atoms with Crippen molar-refractivity contribution in [3.05, 3.63) is 24.5 Å². The Kier molecular flexibility index (Phi) is 2.50. The van der Waals surface area contributed by atoms with Crippen molar-refractivity contribution in [1.29, 1.82) is 0 Å². The fraction of sp³-hybridized carbons (Fsp3) is 0.538. The first-order chi connectivity index (χ1) is 8.25. The molecule has 1 aromatic heterocycles. The largest absolute Gasteiger partial charge is 0.481 e. The van der Waals surface area contributed by atoms with E-state index in [1.807, 2.05) is 12.1 Å². The van der Waals surface area contributed by atoms with Gasteiger partial charge in [-0.25, -0.2) is 0 Å². The number of hydrogen-bond acceptors (Lipinski definition) is 3. The highest BCUT2D eigenvalue weighted by atomic mass is 16.4. The third-order valence-corrected chi connectivity index (χ3v) is 4.22. The number of rotatable bonds is 3. The molecule has 0 saturated heterocycles. The standard InChI is InChI=1S/C13H16N2O2/c16-13(17)11-8-1-2-9(7-8)12(11)15-10-3-5-14-6-4-10/h3-6,8-9,11-12H,1-2,7H2,(H,14,15)(H,16,17). The summed E-state index contributed by atoms with van der Waals surface area (Å²) in [6.07, 6.45) is 6.77. The summed E-state index contributed by atoms with van der Waals surface area (Å²) in [4.78, 5) is 15.3. The van der Waals surface area contributed by atoms with E-state index < -0.39 is 5.97 Å². The van der Waals surface area contributed by atoms with E-state index in [1.54, 1.807) is 12.4 Å². The molecule has 0 aliphatic heterocycles. The van der Waals surface area contributed by atoms with E-state index in [1.165, 1.54) is 0 Å². The van der Waals surface area contributed by atoms with Gasteiger partial charge in [0, 0.05) is 24.1 Å². The number of nitrogens with one attached hydrogen (secondary N) is 1. The van der Waals surface area contributed by atoms with Gasteiger partial charge in [0.1, 0.15) is 0 Å². The summed E-state index contributed by atoms with van der Waals surface area (Å²) in [5.41, 5.74) is 0.976. The number of aliphatic carboxylic acids is 1. The van der Waals surface area contributed by atoms with Crippen molar-refractivity contribution in [1.82, 2.24) is 4.98 Å². The summed E-state index contributed by atoms with van der Waals surface area (Å²) >= 11 is 0. The predicted molar refractivity (Wildman–Crippen MR) is 63.6 cm³/mol. The van der Waals surface area contributed by atoms with Crippen LogP contribution in [-0.4, -0.2) is 22.1 Å². The summed E-state index contributed by atoms with van der Waals surface area (Å²) in [7, 11) is 0. The number of nitrogens with zero attached hydrogens (tertiary/aromatic N) is 1. The quantitative estimate of drug-likeness (QED) is 0.836. The molecule has 2 fully saturated rings. The van der Waals surface area contributed by atoms with Gasteiger partial charge in [0.05, 0.1) is 5.92 Å². The Morgan fingerprint density at radius 1 is 1.29 bits per heavy atom. The highest BCUT2D eigenvalue weighted by Gasteiger charge is 2.50. The normalized spacial score (nSPS) is 34.8. The molecule has 2 aliphatic rings. The van der Waals surface area contributed by atoms with E-state index in [0.29, 0.717) is 11.8 Å². The van der Waals surface area contributed by atoms with Crippen molar-refractivity contribution in [2.75, 3.05) is 5.32 Å². The van der Waals surface area contributed by atoms with Crippen molar-refractivity contribution in [2.45, 2.75) is 25.3 Å². The van der Waals surface area contributed by atoms with E-state index in [0.717, 1.165) is 24.9 Å². The number of anilines is 1. The minimum absolute atomic E-state index is 0.0913. The number of hydrogen-bond donors (Lipinski definition) is 2. The number of aromatic nitrogens is 1. The van der Waals surface area contributed by atoms with Gasteiger partial charge in [-0.1, -0.05) is 0 Å². The number of fused-ring (bicyclic) bond motifs is 2. The molecule has 0 amide bonds. The number of carbonyl (C=O) groups is 1. The maximum atomic E-state index is 11.3. The first-order valence-corrected chi connectivity index (χ1v) is 6.15. The van der Waals surface area contributed by atoms with E-state index in [2.05, 4.69) is 10.3 Å². The fourth-order valence-electron chi connectivity index (χ4n) is 3.49. The van der Waals surface area contributed by atoms with Crippen LogP contribution in [0.5, 0.6) is 0 Å². The third-order valence-electron chi connectivity index (χ3n) is 4.22. The van der Waals surface area contributed by atoms with Crippen LogP contribution < -0.4 is 5.32 Å². The summed E-state index contributed by atoms with van der Waals surface area (Å²) in [5, 5.41) is 12.7. The smallest absolute Gasteiger partial charge is 0.308 e. The number of carboxylic acids is 1. The van der Waals surface area contributed by atoms with Gasteiger partial charge in [-0.05, 0) is 43.2 Å². The maximum Gasteiger partial charge on any atom is 0.308 e. The van der Waals surface area contributed by atoms with Gasteiger partial charge in [-0.15, -0.1) is 0 Å². The lowest BCUT2D eigenvalue weighted by Crippen LogP contribution is -2.39. The van der Waals surface area contributed by atoms with Crippen LogP contribution in [0, 0.1) is 17.8 Å². The molecule has 1 aromatic rings. The minimum atomic E-state index is -0.649. The molecule has 4 unspecified atom stereocenters. The molecule has 4 nitrogen and oxygen atoms in total. The third kappa shape index (κ3) is 1.77. The van der Waals surface area contributed by atoms with Crippen LogP contribution in [0.2, 0.25) is 0 Å². The average molecular weight is 232 g/mol. The van der Waals surface area contributed by atoms with Crippen molar-refractivity contribution in [3.8, 4) is 0 Å². The SMILES string of the molecule is O=C(O)C1C2CCC(C2)C1Nc1ccncc1. The summed E-state index contributed by atoms with van der Waals surface area (Å²) in [6.45, 7) is 0. The van der Waals surface area contributed by atoms with Gasteiger partial charge in [0.2, 0.25) is 0 Å². The second-order valence-electron chi connectivity index (χ2n) is 5.10.